The van der Waals surface area contributed by atoms with Crippen molar-refractivity contribution in [2.45, 2.75) is 39.3 Å². The number of methoxy groups -OCH3 is 1. The van der Waals surface area contributed by atoms with Crippen LogP contribution in [0.5, 0.6) is 5.75 Å². The van der Waals surface area contributed by atoms with Crippen molar-refractivity contribution in [1.82, 2.24) is 4.90 Å². The standard InChI is InChI=1S/C15H25NO2/c1-5-12(2)16(9-10-18-4)13(3)14-7-6-8-15(17)11-14/h6-8,11-13,17H,5,9-10H2,1-4H3. The molecule has 0 amide bonds. The summed E-state index contributed by atoms with van der Waals surface area (Å²) in [6.07, 6.45) is 1.10. The van der Waals surface area contributed by atoms with E-state index in [0.29, 0.717) is 11.8 Å². The van der Waals surface area contributed by atoms with E-state index < -0.39 is 0 Å². The number of aromatic hydroxyl groups is 1. The third-order valence-corrected chi connectivity index (χ3v) is 3.56. The van der Waals surface area contributed by atoms with E-state index in [-0.39, 0.29) is 6.04 Å². The fourth-order valence-electron chi connectivity index (χ4n) is 2.20. The van der Waals surface area contributed by atoms with Gasteiger partial charge in [-0.25, -0.2) is 0 Å². The van der Waals surface area contributed by atoms with Crippen LogP contribution < -0.4 is 0 Å². The molecule has 1 aromatic rings. The van der Waals surface area contributed by atoms with Crippen LogP contribution >= 0.6 is 0 Å². The van der Waals surface area contributed by atoms with Crippen LogP contribution in [0.4, 0.5) is 0 Å². The second-order valence-electron chi connectivity index (χ2n) is 4.76. The van der Waals surface area contributed by atoms with Gasteiger partial charge in [-0.15, -0.1) is 0 Å². The Morgan fingerprint density at radius 2 is 2.06 bits per heavy atom. The first-order valence-electron chi connectivity index (χ1n) is 6.63. The molecule has 3 nitrogen and oxygen atoms in total. The Morgan fingerprint density at radius 1 is 1.33 bits per heavy atom. The smallest absolute Gasteiger partial charge is 0.115 e. The summed E-state index contributed by atoms with van der Waals surface area (Å²) in [5, 5.41) is 9.57. The van der Waals surface area contributed by atoms with Crippen molar-refractivity contribution in [3.63, 3.8) is 0 Å². The summed E-state index contributed by atoms with van der Waals surface area (Å²) in [7, 11) is 1.73. The lowest BCUT2D eigenvalue weighted by molar-refractivity contribution is 0.0939. The second-order valence-corrected chi connectivity index (χ2v) is 4.76. The van der Waals surface area contributed by atoms with Gasteiger partial charge >= 0.3 is 0 Å². The highest BCUT2D eigenvalue weighted by Crippen LogP contribution is 2.25. The normalized spacial score (nSPS) is 14.7. The van der Waals surface area contributed by atoms with E-state index in [1.54, 1.807) is 13.2 Å². The molecular formula is C15H25NO2. The number of nitrogens with zero attached hydrogens (tertiary/aromatic N) is 1. The molecule has 0 saturated heterocycles. The molecule has 0 saturated carbocycles. The molecular weight excluding hydrogens is 226 g/mol. The molecule has 2 atom stereocenters. The molecule has 0 aliphatic carbocycles. The zero-order chi connectivity index (χ0) is 13.5. The summed E-state index contributed by atoms with van der Waals surface area (Å²) in [6, 6.07) is 8.28. The second kappa shape index (κ2) is 7.39. The van der Waals surface area contributed by atoms with Gasteiger partial charge in [-0.05, 0) is 38.0 Å². The first kappa shape index (κ1) is 15.0. The molecule has 1 N–H and O–H groups in total. The summed E-state index contributed by atoms with van der Waals surface area (Å²) in [4.78, 5) is 2.41. The van der Waals surface area contributed by atoms with Crippen LogP contribution in [0.25, 0.3) is 0 Å². The van der Waals surface area contributed by atoms with Crippen LogP contribution in [-0.2, 0) is 4.74 Å². The molecule has 2 unspecified atom stereocenters. The SMILES string of the molecule is CCC(C)N(CCOC)C(C)c1cccc(O)c1. The average molecular weight is 251 g/mol. The Kier molecular flexibility index (Phi) is 6.16. The summed E-state index contributed by atoms with van der Waals surface area (Å²) in [5.74, 6) is 0.329. The lowest BCUT2D eigenvalue weighted by Crippen LogP contribution is -2.37. The summed E-state index contributed by atoms with van der Waals surface area (Å²) >= 11 is 0. The van der Waals surface area contributed by atoms with Crippen LogP contribution in [0.1, 0.15) is 38.8 Å². The lowest BCUT2D eigenvalue weighted by atomic mass is 10.0. The molecule has 1 aromatic carbocycles. The zero-order valence-electron chi connectivity index (χ0n) is 11.9. The van der Waals surface area contributed by atoms with Gasteiger partial charge in [0.25, 0.3) is 0 Å². The van der Waals surface area contributed by atoms with Gasteiger partial charge < -0.3 is 9.84 Å². The van der Waals surface area contributed by atoms with Crippen molar-refractivity contribution in [1.29, 1.82) is 0 Å². The third-order valence-electron chi connectivity index (χ3n) is 3.56. The molecule has 1 rings (SSSR count). The summed E-state index contributed by atoms with van der Waals surface area (Å²) in [6.45, 7) is 8.24. The van der Waals surface area contributed by atoms with E-state index in [4.69, 9.17) is 4.74 Å². The van der Waals surface area contributed by atoms with E-state index in [1.807, 2.05) is 12.1 Å². The quantitative estimate of drug-likeness (QED) is 0.807. The molecule has 0 bridgehead atoms. The number of rotatable bonds is 7. The Hall–Kier alpha value is -1.06. The third kappa shape index (κ3) is 4.00. The highest BCUT2D eigenvalue weighted by Gasteiger charge is 2.20. The van der Waals surface area contributed by atoms with Crippen molar-refractivity contribution >= 4 is 0 Å². The van der Waals surface area contributed by atoms with Gasteiger partial charge in [-0.3, -0.25) is 4.90 Å². The summed E-state index contributed by atoms with van der Waals surface area (Å²) in [5.41, 5.74) is 1.14. The van der Waals surface area contributed by atoms with Gasteiger partial charge in [0.05, 0.1) is 6.61 Å². The first-order valence-corrected chi connectivity index (χ1v) is 6.63. The molecule has 0 aliphatic heterocycles. The molecule has 0 heterocycles. The minimum absolute atomic E-state index is 0.280. The molecule has 0 aliphatic rings. The van der Waals surface area contributed by atoms with Gasteiger partial charge in [0.2, 0.25) is 0 Å². The van der Waals surface area contributed by atoms with E-state index in [0.717, 1.165) is 25.1 Å². The van der Waals surface area contributed by atoms with Crippen LogP contribution in [0, 0.1) is 0 Å². The topological polar surface area (TPSA) is 32.7 Å². The minimum Gasteiger partial charge on any atom is -0.508 e. The molecule has 0 fully saturated rings. The predicted molar refractivity (Wildman–Crippen MR) is 74.9 cm³/mol. The van der Waals surface area contributed by atoms with Crippen molar-refractivity contribution in [2.24, 2.45) is 0 Å². The van der Waals surface area contributed by atoms with Gasteiger partial charge in [0.15, 0.2) is 0 Å². The predicted octanol–water partition coefficient (Wildman–Crippen LogP) is 3.20. The van der Waals surface area contributed by atoms with Gasteiger partial charge in [0.1, 0.15) is 5.75 Å². The average Bonchev–Trinajstić information content (AvgIpc) is 2.38. The number of hydrogen-bond acceptors (Lipinski definition) is 3. The van der Waals surface area contributed by atoms with Crippen LogP contribution in [0.15, 0.2) is 24.3 Å². The van der Waals surface area contributed by atoms with Crippen molar-refractivity contribution in [3.8, 4) is 5.75 Å². The van der Waals surface area contributed by atoms with Crippen molar-refractivity contribution in [3.05, 3.63) is 29.8 Å². The number of phenols is 1. The van der Waals surface area contributed by atoms with Crippen molar-refractivity contribution < 1.29 is 9.84 Å². The van der Waals surface area contributed by atoms with Crippen molar-refractivity contribution in [2.75, 3.05) is 20.3 Å². The first-order chi connectivity index (χ1) is 8.60. The van der Waals surface area contributed by atoms with Crippen LogP contribution in [-0.4, -0.2) is 36.3 Å². The monoisotopic (exact) mass is 251 g/mol. The molecule has 102 valence electrons. The lowest BCUT2D eigenvalue weighted by Gasteiger charge is -2.34. The summed E-state index contributed by atoms with van der Waals surface area (Å²) < 4.78 is 5.19. The Morgan fingerprint density at radius 3 is 2.61 bits per heavy atom. The van der Waals surface area contributed by atoms with E-state index in [1.165, 1.54) is 0 Å². The fraction of sp³-hybridized carbons (Fsp3) is 0.600. The van der Waals surface area contributed by atoms with E-state index in [9.17, 15) is 5.11 Å². The number of hydrogen-bond donors (Lipinski definition) is 1. The molecule has 0 aromatic heterocycles. The van der Waals surface area contributed by atoms with E-state index in [2.05, 4.69) is 31.7 Å². The zero-order valence-corrected chi connectivity index (χ0v) is 11.9. The highest BCUT2D eigenvalue weighted by atomic mass is 16.5. The largest absolute Gasteiger partial charge is 0.508 e. The Balaban J connectivity index is 2.83. The minimum atomic E-state index is 0.280. The van der Waals surface area contributed by atoms with Gasteiger partial charge in [-0.2, -0.15) is 0 Å². The van der Waals surface area contributed by atoms with Crippen LogP contribution in [0.3, 0.4) is 0 Å². The maximum absolute atomic E-state index is 9.57. The van der Waals surface area contributed by atoms with Gasteiger partial charge in [-0.1, -0.05) is 19.1 Å². The number of ether oxygens (including phenoxy) is 1. The maximum Gasteiger partial charge on any atom is 0.115 e. The number of phenolic OH excluding ortho intramolecular Hbond substituents is 1. The van der Waals surface area contributed by atoms with Crippen LogP contribution in [0.2, 0.25) is 0 Å². The molecule has 3 heteroatoms. The molecule has 0 radical (unpaired) electrons. The molecule has 18 heavy (non-hydrogen) atoms. The van der Waals surface area contributed by atoms with E-state index >= 15 is 0 Å². The fourth-order valence-corrected chi connectivity index (χ4v) is 2.20. The molecule has 0 spiro atoms. The maximum atomic E-state index is 9.57. The highest BCUT2D eigenvalue weighted by molar-refractivity contribution is 5.29. The van der Waals surface area contributed by atoms with Gasteiger partial charge in [0, 0.05) is 25.7 Å². The number of benzene rings is 1. The Bertz CT molecular complexity index is 354. The Labute approximate surface area is 110 Å².